The number of unbranched alkanes of at least 4 members (excludes halogenated alkanes) is 2. The highest BCUT2D eigenvalue weighted by molar-refractivity contribution is 5.37. The molecule has 0 aliphatic heterocycles. The third-order valence-electron chi connectivity index (χ3n) is 4.62. The predicted molar refractivity (Wildman–Crippen MR) is 87.1 cm³/mol. The standard InChI is InChI=1S/C18H30N2/c1-5-6-9-12-20(14(2)3)17-13-15-10-7-8-11-16(15)18(17)19-4/h7-8,10-11,14,17-19H,5-6,9,12-13H2,1-4H3. The lowest BCUT2D eigenvalue weighted by Gasteiger charge is -2.36. The van der Waals surface area contributed by atoms with Gasteiger partial charge in [-0.15, -0.1) is 0 Å². The molecular weight excluding hydrogens is 244 g/mol. The lowest BCUT2D eigenvalue weighted by Crippen LogP contribution is -2.46. The number of hydrogen-bond donors (Lipinski definition) is 1. The van der Waals surface area contributed by atoms with E-state index < -0.39 is 0 Å². The van der Waals surface area contributed by atoms with Gasteiger partial charge in [-0.2, -0.15) is 0 Å². The van der Waals surface area contributed by atoms with Gasteiger partial charge in [0.15, 0.2) is 0 Å². The first-order valence-corrected chi connectivity index (χ1v) is 8.19. The van der Waals surface area contributed by atoms with Crippen LogP contribution in [0, 0.1) is 0 Å². The molecule has 0 heterocycles. The zero-order valence-corrected chi connectivity index (χ0v) is 13.5. The smallest absolute Gasteiger partial charge is 0.0481 e. The number of nitrogens with zero attached hydrogens (tertiary/aromatic N) is 1. The number of hydrogen-bond acceptors (Lipinski definition) is 2. The Kier molecular flexibility index (Phi) is 5.62. The van der Waals surface area contributed by atoms with Crippen LogP contribution in [0.15, 0.2) is 24.3 Å². The highest BCUT2D eigenvalue weighted by atomic mass is 15.2. The van der Waals surface area contributed by atoms with Gasteiger partial charge in [0, 0.05) is 18.1 Å². The van der Waals surface area contributed by atoms with Crippen molar-refractivity contribution in [2.45, 2.75) is 64.6 Å². The summed E-state index contributed by atoms with van der Waals surface area (Å²) in [4.78, 5) is 2.71. The van der Waals surface area contributed by atoms with Crippen LogP contribution in [0.25, 0.3) is 0 Å². The number of rotatable bonds is 7. The average Bonchev–Trinajstić information content (AvgIpc) is 2.81. The van der Waals surface area contributed by atoms with Gasteiger partial charge in [-0.1, -0.05) is 44.0 Å². The van der Waals surface area contributed by atoms with E-state index in [1.54, 1.807) is 0 Å². The summed E-state index contributed by atoms with van der Waals surface area (Å²) in [5.74, 6) is 0. The zero-order chi connectivity index (χ0) is 14.5. The van der Waals surface area contributed by atoms with Crippen molar-refractivity contribution in [1.82, 2.24) is 10.2 Å². The monoisotopic (exact) mass is 274 g/mol. The third kappa shape index (κ3) is 3.24. The van der Waals surface area contributed by atoms with Crippen LogP contribution in [0.5, 0.6) is 0 Å². The van der Waals surface area contributed by atoms with Crippen LogP contribution in [-0.4, -0.2) is 30.6 Å². The highest BCUT2D eigenvalue weighted by Gasteiger charge is 2.35. The second-order valence-electron chi connectivity index (χ2n) is 6.28. The lowest BCUT2D eigenvalue weighted by atomic mass is 10.0. The van der Waals surface area contributed by atoms with Crippen LogP contribution in [0.4, 0.5) is 0 Å². The fraction of sp³-hybridized carbons (Fsp3) is 0.667. The quantitative estimate of drug-likeness (QED) is 0.761. The molecule has 2 atom stereocenters. The van der Waals surface area contributed by atoms with Gasteiger partial charge in [0.25, 0.3) is 0 Å². The summed E-state index contributed by atoms with van der Waals surface area (Å²) in [5.41, 5.74) is 3.03. The van der Waals surface area contributed by atoms with E-state index >= 15 is 0 Å². The van der Waals surface area contributed by atoms with Crippen molar-refractivity contribution in [3.05, 3.63) is 35.4 Å². The van der Waals surface area contributed by atoms with Crippen molar-refractivity contribution in [2.24, 2.45) is 0 Å². The van der Waals surface area contributed by atoms with Crippen molar-refractivity contribution in [1.29, 1.82) is 0 Å². The molecule has 0 amide bonds. The number of nitrogens with one attached hydrogen (secondary N) is 1. The Morgan fingerprint density at radius 2 is 2.00 bits per heavy atom. The molecule has 0 saturated heterocycles. The summed E-state index contributed by atoms with van der Waals surface area (Å²) in [5, 5.41) is 3.55. The molecule has 1 aromatic carbocycles. The minimum atomic E-state index is 0.482. The summed E-state index contributed by atoms with van der Waals surface area (Å²) in [6.07, 6.45) is 5.14. The van der Waals surface area contributed by atoms with Gasteiger partial charge in [-0.05, 0) is 51.4 Å². The van der Waals surface area contributed by atoms with Crippen molar-refractivity contribution < 1.29 is 0 Å². The van der Waals surface area contributed by atoms with Crippen LogP contribution < -0.4 is 5.32 Å². The van der Waals surface area contributed by atoms with Crippen molar-refractivity contribution in [3.8, 4) is 0 Å². The molecule has 0 aromatic heterocycles. The van der Waals surface area contributed by atoms with Crippen molar-refractivity contribution in [3.63, 3.8) is 0 Å². The second-order valence-corrected chi connectivity index (χ2v) is 6.28. The molecule has 2 rings (SSSR count). The molecule has 2 nitrogen and oxygen atoms in total. The van der Waals surface area contributed by atoms with E-state index in [9.17, 15) is 0 Å². The van der Waals surface area contributed by atoms with Crippen LogP contribution in [0.1, 0.15) is 57.2 Å². The minimum Gasteiger partial charge on any atom is -0.312 e. The first-order chi connectivity index (χ1) is 9.69. The topological polar surface area (TPSA) is 15.3 Å². The predicted octanol–water partition coefficient (Wildman–Crippen LogP) is 3.77. The SMILES string of the molecule is CCCCCN(C(C)C)C1Cc2ccccc2C1NC. The summed E-state index contributed by atoms with van der Waals surface area (Å²) in [6.45, 7) is 8.17. The first-order valence-electron chi connectivity index (χ1n) is 8.19. The molecule has 0 bridgehead atoms. The van der Waals surface area contributed by atoms with Gasteiger partial charge in [0.05, 0.1) is 0 Å². The minimum absolute atomic E-state index is 0.482. The van der Waals surface area contributed by atoms with E-state index in [0.717, 1.165) is 0 Å². The Morgan fingerprint density at radius 3 is 2.65 bits per heavy atom. The fourth-order valence-electron chi connectivity index (χ4n) is 3.58. The zero-order valence-electron chi connectivity index (χ0n) is 13.5. The summed E-state index contributed by atoms with van der Waals surface area (Å²) < 4.78 is 0. The van der Waals surface area contributed by atoms with E-state index in [2.05, 4.69) is 62.3 Å². The molecule has 20 heavy (non-hydrogen) atoms. The van der Waals surface area contributed by atoms with Gasteiger partial charge in [-0.3, -0.25) is 4.90 Å². The molecule has 0 spiro atoms. The summed E-state index contributed by atoms with van der Waals surface area (Å²) in [7, 11) is 2.10. The molecule has 0 fully saturated rings. The van der Waals surface area contributed by atoms with Gasteiger partial charge in [-0.25, -0.2) is 0 Å². The molecule has 0 radical (unpaired) electrons. The molecule has 2 heteroatoms. The highest BCUT2D eigenvalue weighted by Crippen LogP contribution is 2.35. The van der Waals surface area contributed by atoms with E-state index in [-0.39, 0.29) is 0 Å². The summed E-state index contributed by atoms with van der Waals surface area (Å²) in [6, 6.07) is 10.6. The maximum absolute atomic E-state index is 3.55. The third-order valence-corrected chi connectivity index (χ3v) is 4.62. The Morgan fingerprint density at radius 1 is 1.25 bits per heavy atom. The average molecular weight is 274 g/mol. The van der Waals surface area contributed by atoms with Crippen LogP contribution in [-0.2, 0) is 6.42 Å². The first kappa shape index (κ1) is 15.5. The molecule has 1 aromatic rings. The maximum Gasteiger partial charge on any atom is 0.0481 e. The van der Waals surface area contributed by atoms with Gasteiger partial charge >= 0.3 is 0 Å². The van der Waals surface area contributed by atoms with E-state index in [1.807, 2.05) is 0 Å². The van der Waals surface area contributed by atoms with E-state index in [0.29, 0.717) is 18.1 Å². The van der Waals surface area contributed by atoms with Crippen LogP contribution in [0.3, 0.4) is 0 Å². The molecule has 1 N–H and O–H groups in total. The van der Waals surface area contributed by atoms with E-state index in [4.69, 9.17) is 0 Å². The van der Waals surface area contributed by atoms with Gasteiger partial charge in [0.1, 0.15) is 0 Å². The molecule has 1 aliphatic rings. The number of benzene rings is 1. The maximum atomic E-state index is 3.55. The largest absolute Gasteiger partial charge is 0.312 e. The van der Waals surface area contributed by atoms with Crippen molar-refractivity contribution in [2.75, 3.05) is 13.6 Å². The molecule has 112 valence electrons. The molecule has 2 unspecified atom stereocenters. The molecular formula is C18H30N2. The Bertz CT molecular complexity index is 414. The summed E-state index contributed by atoms with van der Waals surface area (Å²) >= 11 is 0. The van der Waals surface area contributed by atoms with Crippen LogP contribution in [0.2, 0.25) is 0 Å². The van der Waals surface area contributed by atoms with Crippen molar-refractivity contribution >= 4 is 0 Å². The number of likely N-dealkylation sites (N-methyl/N-ethyl adjacent to an activating group) is 1. The normalized spacial score (nSPS) is 21.7. The Labute approximate surface area is 124 Å². The molecule has 1 aliphatic carbocycles. The van der Waals surface area contributed by atoms with E-state index in [1.165, 1.54) is 43.4 Å². The second kappa shape index (κ2) is 7.24. The van der Waals surface area contributed by atoms with Crippen LogP contribution >= 0.6 is 0 Å². The Balaban J connectivity index is 2.13. The number of fused-ring (bicyclic) bond motifs is 1. The fourth-order valence-corrected chi connectivity index (χ4v) is 3.58. The molecule has 0 saturated carbocycles. The van der Waals surface area contributed by atoms with Gasteiger partial charge < -0.3 is 5.32 Å². The Hall–Kier alpha value is -0.860. The van der Waals surface area contributed by atoms with Gasteiger partial charge in [0.2, 0.25) is 0 Å². The lowest BCUT2D eigenvalue weighted by molar-refractivity contribution is 0.128.